The summed E-state index contributed by atoms with van der Waals surface area (Å²) in [4.78, 5) is 11.4. The molecule has 0 atom stereocenters. The molecule has 1 fully saturated rings. The van der Waals surface area contributed by atoms with E-state index in [9.17, 15) is 18.3 Å². The molecule has 21 heavy (non-hydrogen) atoms. The molecule has 0 amide bonds. The lowest BCUT2D eigenvalue weighted by Crippen LogP contribution is -2.65. The number of hydrogen-bond acceptors (Lipinski definition) is 5. The minimum atomic E-state index is -3.63. The first kappa shape index (κ1) is 15.9. The standard InChI is InChI=1S/C14H19NO5S/c1-10(2)14(17)8-15(9-14)21(18,19)12-6-4-11(5-7-12)13(16)20-3/h4-7,10,17H,8-9H2,1-3H3. The molecule has 7 heteroatoms. The van der Waals surface area contributed by atoms with E-state index in [1.165, 1.54) is 35.7 Å². The van der Waals surface area contributed by atoms with Crippen LogP contribution in [-0.2, 0) is 14.8 Å². The van der Waals surface area contributed by atoms with Gasteiger partial charge in [0, 0.05) is 13.1 Å². The molecule has 0 aromatic heterocycles. The Bertz CT molecular complexity index is 630. The third-order valence-corrected chi connectivity index (χ3v) is 5.69. The lowest BCUT2D eigenvalue weighted by Gasteiger charge is -2.47. The van der Waals surface area contributed by atoms with Gasteiger partial charge in [-0.25, -0.2) is 13.2 Å². The van der Waals surface area contributed by atoms with Gasteiger partial charge in [0.2, 0.25) is 10.0 Å². The number of carbonyl (C=O) groups is 1. The van der Waals surface area contributed by atoms with E-state index >= 15 is 0 Å². The zero-order valence-corrected chi connectivity index (χ0v) is 13.1. The van der Waals surface area contributed by atoms with Gasteiger partial charge in [-0.15, -0.1) is 0 Å². The fraction of sp³-hybridized carbons (Fsp3) is 0.500. The fourth-order valence-corrected chi connectivity index (χ4v) is 3.69. The first-order chi connectivity index (χ1) is 9.70. The van der Waals surface area contributed by atoms with Gasteiger partial charge in [0.25, 0.3) is 0 Å². The van der Waals surface area contributed by atoms with Crippen molar-refractivity contribution in [3.63, 3.8) is 0 Å². The first-order valence-corrected chi connectivity index (χ1v) is 8.05. The van der Waals surface area contributed by atoms with Crippen LogP contribution in [0, 0.1) is 5.92 Å². The lowest BCUT2D eigenvalue weighted by atomic mass is 9.85. The number of esters is 1. The smallest absolute Gasteiger partial charge is 0.337 e. The Kier molecular flexibility index (Phi) is 4.10. The van der Waals surface area contributed by atoms with E-state index in [2.05, 4.69) is 4.74 Å². The molecule has 0 radical (unpaired) electrons. The van der Waals surface area contributed by atoms with Gasteiger partial charge in [-0.05, 0) is 30.2 Å². The molecular weight excluding hydrogens is 294 g/mol. The number of aliphatic hydroxyl groups is 1. The highest BCUT2D eigenvalue weighted by molar-refractivity contribution is 7.89. The molecule has 0 bridgehead atoms. The Morgan fingerprint density at radius 3 is 2.24 bits per heavy atom. The summed E-state index contributed by atoms with van der Waals surface area (Å²) in [6.07, 6.45) is 0. The third kappa shape index (κ3) is 2.81. The summed E-state index contributed by atoms with van der Waals surface area (Å²) in [6.45, 7) is 3.89. The summed E-state index contributed by atoms with van der Waals surface area (Å²) < 4.78 is 30.5. The second-order valence-electron chi connectivity index (χ2n) is 5.55. The van der Waals surface area contributed by atoms with E-state index in [4.69, 9.17) is 0 Å². The molecule has 0 unspecified atom stereocenters. The molecule has 2 rings (SSSR count). The number of benzene rings is 1. The van der Waals surface area contributed by atoms with Crippen LogP contribution in [0.5, 0.6) is 0 Å². The fourth-order valence-electron chi connectivity index (χ4n) is 2.13. The van der Waals surface area contributed by atoms with E-state index in [-0.39, 0.29) is 23.9 Å². The summed E-state index contributed by atoms with van der Waals surface area (Å²) in [5.41, 5.74) is -0.669. The Morgan fingerprint density at radius 2 is 1.81 bits per heavy atom. The third-order valence-electron chi connectivity index (χ3n) is 3.89. The van der Waals surface area contributed by atoms with E-state index in [1.54, 1.807) is 0 Å². The summed E-state index contributed by atoms with van der Waals surface area (Å²) in [6, 6.07) is 5.56. The van der Waals surface area contributed by atoms with Gasteiger partial charge in [0.15, 0.2) is 0 Å². The van der Waals surface area contributed by atoms with Crippen LogP contribution < -0.4 is 0 Å². The minimum Gasteiger partial charge on any atom is -0.465 e. The second kappa shape index (κ2) is 5.40. The summed E-state index contributed by atoms with van der Waals surface area (Å²) in [5, 5.41) is 10.1. The average molecular weight is 313 g/mol. The highest BCUT2D eigenvalue weighted by Crippen LogP contribution is 2.33. The monoisotopic (exact) mass is 313 g/mol. The average Bonchev–Trinajstić information content (AvgIpc) is 2.42. The van der Waals surface area contributed by atoms with Gasteiger partial charge in [-0.3, -0.25) is 0 Å². The molecular formula is C14H19NO5S. The molecule has 1 saturated heterocycles. The highest BCUT2D eigenvalue weighted by Gasteiger charge is 2.49. The number of rotatable bonds is 4. The number of sulfonamides is 1. The van der Waals surface area contributed by atoms with Crippen molar-refractivity contribution in [3.05, 3.63) is 29.8 Å². The van der Waals surface area contributed by atoms with Crippen LogP contribution in [0.2, 0.25) is 0 Å². The van der Waals surface area contributed by atoms with Gasteiger partial charge in [-0.1, -0.05) is 13.8 Å². The van der Waals surface area contributed by atoms with Crippen LogP contribution in [0.3, 0.4) is 0 Å². The van der Waals surface area contributed by atoms with Crippen molar-refractivity contribution >= 4 is 16.0 Å². The minimum absolute atomic E-state index is 0.00866. The molecule has 6 nitrogen and oxygen atoms in total. The van der Waals surface area contributed by atoms with Crippen molar-refractivity contribution in [3.8, 4) is 0 Å². The van der Waals surface area contributed by atoms with Gasteiger partial charge in [-0.2, -0.15) is 4.31 Å². The SMILES string of the molecule is COC(=O)c1ccc(S(=O)(=O)N2CC(O)(C(C)C)C2)cc1. The molecule has 116 valence electrons. The van der Waals surface area contributed by atoms with Crippen molar-refractivity contribution in [2.45, 2.75) is 24.3 Å². The number of nitrogens with zero attached hydrogens (tertiary/aromatic N) is 1. The topological polar surface area (TPSA) is 83.9 Å². The largest absolute Gasteiger partial charge is 0.465 e. The van der Waals surface area contributed by atoms with Crippen molar-refractivity contribution in [1.82, 2.24) is 4.31 Å². The number of carbonyl (C=O) groups excluding carboxylic acids is 1. The maximum atomic E-state index is 12.4. The predicted molar refractivity (Wildman–Crippen MR) is 76.3 cm³/mol. The highest BCUT2D eigenvalue weighted by atomic mass is 32.2. The van der Waals surface area contributed by atoms with Crippen LogP contribution in [0.15, 0.2) is 29.2 Å². The number of hydrogen-bond donors (Lipinski definition) is 1. The van der Waals surface area contributed by atoms with Crippen LogP contribution in [0.25, 0.3) is 0 Å². The van der Waals surface area contributed by atoms with E-state index in [1.807, 2.05) is 13.8 Å². The Hall–Kier alpha value is -1.44. The predicted octanol–water partition coefficient (Wildman–Crippen LogP) is 0.865. The van der Waals surface area contributed by atoms with E-state index in [0.29, 0.717) is 5.56 Å². The molecule has 1 heterocycles. The van der Waals surface area contributed by atoms with Crippen molar-refractivity contribution < 1.29 is 23.1 Å². The lowest BCUT2D eigenvalue weighted by molar-refractivity contribution is -0.0932. The zero-order valence-electron chi connectivity index (χ0n) is 12.2. The molecule has 1 aliphatic heterocycles. The Balaban J connectivity index is 2.17. The molecule has 1 aromatic rings. The molecule has 1 aliphatic rings. The van der Waals surface area contributed by atoms with Gasteiger partial charge in [0.1, 0.15) is 0 Å². The first-order valence-electron chi connectivity index (χ1n) is 6.61. The van der Waals surface area contributed by atoms with E-state index in [0.717, 1.165) is 0 Å². The summed E-state index contributed by atoms with van der Waals surface area (Å²) >= 11 is 0. The molecule has 0 spiro atoms. The summed E-state index contributed by atoms with van der Waals surface area (Å²) in [5.74, 6) is -0.525. The van der Waals surface area contributed by atoms with Crippen LogP contribution in [0.1, 0.15) is 24.2 Å². The van der Waals surface area contributed by atoms with Crippen LogP contribution >= 0.6 is 0 Å². The van der Waals surface area contributed by atoms with Crippen molar-refractivity contribution in [2.24, 2.45) is 5.92 Å². The van der Waals surface area contributed by atoms with Crippen molar-refractivity contribution in [2.75, 3.05) is 20.2 Å². The zero-order chi connectivity index (χ0) is 15.8. The van der Waals surface area contributed by atoms with Crippen LogP contribution in [0.4, 0.5) is 0 Å². The normalized spacial score (nSPS) is 18.3. The number of β-amino-alcohol motifs (C(OH)–C–C–N with tert-alkyl or cyclic N) is 1. The molecule has 0 saturated carbocycles. The van der Waals surface area contributed by atoms with Gasteiger partial charge >= 0.3 is 5.97 Å². The molecule has 1 aromatic carbocycles. The number of methoxy groups -OCH3 is 1. The summed E-state index contributed by atoms with van der Waals surface area (Å²) in [7, 11) is -2.37. The Morgan fingerprint density at radius 1 is 1.29 bits per heavy atom. The molecule has 1 N–H and O–H groups in total. The molecule has 0 aliphatic carbocycles. The quantitative estimate of drug-likeness (QED) is 0.834. The Labute approximate surface area is 124 Å². The number of ether oxygens (including phenoxy) is 1. The van der Waals surface area contributed by atoms with Crippen LogP contribution in [-0.4, -0.2) is 49.6 Å². The second-order valence-corrected chi connectivity index (χ2v) is 7.49. The van der Waals surface area contributed by atoms with Gasteiger partial charge in [0.05, 0.1) is 23.2 Å². The van der Waals surface area contributed by atoms with Gasteiger partial charge < -0.3 is 9.84 Å². The maximum Gasteiger partial charge on any atom is 0.337 e. The van der Waals surface area contributed by atoms with Crippen molar-refractivity contribution in [1.29, 1.82) is 0 Å². The van der Waals surface area contributed by atoms with E-state index < -0.39 is 21.6 Å². The maximum absolute atomic E-state index is 12.4.